The van der Waals surface area contributed by atoms with E-state index in [1.807, 2.05) is 6.07 Å². The van der Waals surface area contributed by atoms with Crippen molar-refractivity contribution in [2.45, 2.75) is 18.9 Å². The molecule has 2 rings (SSSR count). The van der Waals surface area contributed by atoms with Gasteiger partial charge in [0.05, 0.1) is 18.1 Å². The maximum Gasteiger partial charge on any atom is 0.211 e. The molecule has 1 fully saturated rings. The molecule has 1 aliphatic heterocycles. The molecular formula is C11H16ClN3O2S. The van der Waals surface area contributed by atoms with Gasteiger partial charge in [-0.25, -0.2) is 17.7 Å². The number of anilines is 1. The zero-order chi connectivity index (χ0) is 13.2. The van der Waals surface area contributed by atoms with Crippen LogP contribution in [0.4, 0.5) is 5.69 Å². The van der Waals surface area contributed by atoms with Gasteiger partial charge in [-0.05, 0) is 25.0 Å². The van der Waals surface area contributed by atoms with Gasteiger partial charge in [0.2, 0.25) is 10.0 Å². The van der Waals surface area contributed by atoms with E-state index in [-0.39, 0.29) is 6.04 Å². The maximum absolute atomic E-state index is 11.4. The van der Waals surface area contributed by atoms with E-state index >= 15 is 0 Å². The molecule has 0 bridgehead atoms. The lowest BCUT2D eigenvalue weighted by atomic mass is 10.1. The second kappa shape index (κ2) is 5.42. The zero-order valence-electron chi connectivity index (χ0n) is 10.1. The van der Waals surface area contributed by atoms with Gasteiger partial charge in [0.15, 0.2) is 0 Å². The van der Waals surface area contributed by atoms with Crippen LogP contribution in [0.3, 0.4) is 0 Å². The Kier molecular flexibility index (Phi) is 4.09. The molecule has 18 heavy (non-hydrogen) atoms. The molecule has 0 aromatic carbocycles. The number of aromatic nitrogens is 1. The average molecular weight is 290 g/mol. The Morgan fingerprint density at radius 3 is 2.56 bits per heavy atom. The third-order valence-corrected chi connectivity index (χ3v) is 4.55. The highest BCUT2D eigenvalue weighted by molar-refractivity contribution is 7.88. The van der Waals surface area contributed by atoms with Crippen molar-refractivity contribution in [2.24, 2.45) is 0 Å². The van der Waals surface area contributed by atoms with Crippen molar-refractivity contribution in [2.75, 3.05) is 24.7 Å². The average Bonchev–Trinajstić information content (AvgIpc) is 2.32. The van der Waals surface area contributed by atoms with E-state index in [4.69, 9.17) is 11.6 Å². The van der Waals surface area contributed by atoms with Crippen molar-refractivity contribution in [1.29, 1.82) is 0 Å². The first-order chi connectivity index (χ1) is 8.45. The quantitative estimate of drug-likeness (QED) is 0.858. The molecular weight excluding hydrogens is 274 g/mol. The molecule has 1 aromatic rings. The Bertz CT molecular complexity index is 496. The number of piperidine rings is 1. The molecule has 0 amide bonds. The summed E-state index contributed by atoms with van der Waals surface area (Å²) in [6.45, 7) is 1.13. The number of sulfonamides is 1. The molecule has 2 heterocycles. The number of hydrogen-bond donors (Lipinski definition) is 1. The van der Waals surface area contributed by atoms with Crippen LogP contribution in [0.1, 0.15) is 12.8 Å². The first-order valence-corrected chi connectivity index (χ1v) is 8.01. The Hall–Kier alpha value is -0.850. The summed E-state index contributed by atoms with van der Waals surface area (Å²) in [5.41, 5.74) is 0.914. The maximum atomic E-state index is 11.4. The molecule has 1 saturated heterocycles. The van der Waals surface area contributed by atoms with E-state index in [0.717, 1.165) is 18.5 Å². The van der Waals surface area contributed by atoms with Crippen molar-refractivity contribution in [3.8, 4) is 0 Å². The fraction of sp³-hybridized carbons (Fsp3) is 0.545. The predicted octanol–water partition coefficient (Wildman–Crippen LogP) is 1.57. The van der Waals surface area contributed by atoms with E-state index in [1.165, 1.54) is 10.6 Å². The van der Waals surface area contributed by atoms with Gasteiger partial charge in [0.25, 0.3) is 0 Å². The summed E-state index contributed by atoms with van der Waals surface area (Å²) in [4.78, 5) is 4.00. The number of pyridine rings is 1. The third kappa shape index (κ3) is 3.57. The van der Waals surface area contributed by atoms with Gasteiger partial charge in [-0.15, -0.1) is 0 Å². The normalized spacial score (nSPS) is 18.8. The van der Waals surface area contributed by atoms with Crippen LogP contribution in [0.2, 0.25) is 5.15 Å². The second-order valence-corrected chi connectivity index (χ2v) is 6.82. The molecule has 0 aliphatic carbocycles. The molecule has 0 spiro atoms. The second-order valence-electron chi connectivity index (χ2n) is 4.45. The Balaban J connectivity index is 1.89. The van der Waals surface area contributed by atoms with Crippen molar-refractivity contribution >= 4 is 27.3 Å². The van der Waals surface area contributed by atoms with Crippen LogP contribution < -0.4 is 5.32 Å². The summed E-state index contributed by atoms with van der Waals surface area (Å²) in [5.74, 6) is 0. The van der Waals surface area contributed by atoms with Gasteiger partial charge >= 0.3 is 0 Å². The third-order valence-electron chi connectivity index (χ3n) is 3.02. The number of rotatable bonds is 3. The van der Waals surface area contributed by atoms with Crippen LogP contribution in [0.15, 0.2) is 18.3 Å². The molecule has 1 aliphatic rings. The number of halogens is 1. The van der Waals surface area contributed by atoms with Crippen LogP contribution in [-0.2, 0) is 10.0 Å². The lowest BCUT2D eigenvalue weighted by Gasteiger charge is -2.31. The summed E-state index contributed by atoms with van der Waals surface area (Å²) in [6.07, 6.45) is 4.54. The molecule has 100 valence electrons. The van der Waals surface area contributed by atoms with Gasteiger partial charge in [0.1, 0.15) is 5.15 Å². The van der Waals surface area contributed by atoms with Crippen LogP contribution >= 0.6 is 11.6 Å². The first kappa shape index (κ1) is 13.6. The van der Waals surface area contributed by atoms with Crippen molar-refractivity contribution in [3.63, 3.8) is 0 Å². The van der Waals surface area contributed by atoms with Gasteiger partial charge in [-0.1, -0.05) is 11.6 Å². The van der Waals surface area contributed by atoms with E-state index in [2.05, 4.69) is 10.3 Å². The number of nitrogens with one attached hydrogen (secondary N) is 1. The molecule has 0 atom stereocenters. The number of hydrogen-bond acceptors (Lipinski definition) is 4. The van der Waals surface area contributed by atoms with Gasteiger partial charge in [0, 0.05) is 19.1 Å². The SMILES string of the molecule is CS(=O)(=O)N1CCC(Nc2ccc(Cl)nc2)CC1. The summed E-state index contributed by atoms with van der Waals surface area (Å²) in [7, 11) is -3.05. The zero-order valence-corrected chi connectivity index (χ0v) is 11.7. The highest BCUT2D eigenvalue weighted by atomic mass is 35.5. The topological polar surface area (TPSA) is 62.3 Å². The van der Waals surface area contributed by atoms with Crippen LogP contribution in [0.25, 0.3) is 0 Å². The molecule has 0 radical (unpaired) electrons. The Labute approximate surface area is 112 Å². The minimum atomic E-state index is -3.05. The summed E-state index contributed by atoms with van der Waals surface area (Å²) in [6, 6.07) is 3.89. The van der Waals surface area contributed by atoms with E-state index in [9.17, 15) is 8.42 Å². The van der Waals surface area contributed by atoms with Gasteiger partial charge in [-0.2, -0.15) is 0 Å². The molecule has 1 N–H and O–H groups in total. The molecule has 0 unspecified atom stereocenters. The molecule has 1 aromatic heterocycles. The minimum Gasteiger partial charge on any atom is -0.381 e. The van der Waals surface area contributed by atoms with Crippen molar-refractivity contribution in [1.82, 2.24) is 9.29 Å². The highest BCUT2D eigenvalue weighted by Crippen LogP contribution is 2.18. The van der Waals surface area contributed by atoms with Crippen molar-refractivity contribution in [3.05, 3.63) is 23.5 Å². The molecule has 7 heteroatoms. The van der Waals surface area contributed by atoms with Crippen LogP contribution in [-0.4, -0.2) is 43.1 Å². The Morgan fingerprint density at radius 1 is 1.39 bits per heavy atom. The predicted molar refractivity (Wildman–Crippen MR) is 72.3 cm³/mol. The Morgan fingerprint density at radius 2 is 2.06 bits per heavy atom. The van der Waals surface area contributed by atoms with E-state index < -0.39 is 10.0 Å². The summed E-state index contributed by atoms with van der Waals surface area (Å²) in [5, 5.41) is 3.80. The van der Waals surface area contributed by atoms with Crippen molar-refractivity contribution < 1.29 is 8.42 Å². The minimum absolute atomic E-state index is 0.283. The highest BCUT2D eigenvalue weighted by Gasteiger charge is 2.24. The van der Waals surface area contributed by atoms with Crippen LogP contribution in [0, 0.1) is 0 Å². The lowest BCUT2D eigenvalue weighted by molar-refractivity contribution is 0.332. The smallest absolute Gasteiger partial charge is 0.211 e. The summed E-state index contributed by atoms with van der Waals surface area (Å²) < 4.78 is 24.3. The first-order valence-electron chi connectivity index (χ1n) is 5.78. The molecule has 5 nitrogen and oxygen atoms in total. The van der Waals surface area contributed by atoms with Gasteiger partial charge < -0.3 is 5.32 Å². The van der Waals surface area contributed by atoms with E-state index in [0.29, 0.717) is 18.2 Å². The number of nitrogens with zero attached hydrogens (tertiary/aromatic N) is 2. The largest absolute Gasteiger partial charge is 0.381 e. The van der Waals surface area contributed by atoms with E-state index in [1.54, 1.807) is 12.3 Å². The standard InChI is InChI=1S/C11H16ClN3O2S/c1-18(16,17)15-6-4-9(5-7-15)14-10-2-3-11(12)13-8-10/h2-3,8-9,14H,4-7H2,1H3. The van der Waals surface area contributed by atoms with Crippen LogP contribution in [0.5, 0.6) is 0 Å². The lowest BCUT2D eigenvalue weighted by Crippen LogP contribution is -2.41. The summed E-state index contributed by atoms with van der Waals surface area (Å²) >= 11 is 5.71. The fourth-order valence-corrected chi connectivity index (χ4v) is 3.01. The van der Waals surface area contributed by atoms with Gasteiger partial charge in [-0.3, -0.25) is 0 Å². The monoisotopic (exact) mass is 289 g/mol. The molecule has 0 saturated carbocycles. The fourth-order valence-electron chi connectivity index (χ4n) is 2.03.